The van der Waals surface area contributed by atoms with Crippen molar-refractivity contribution in [1.29, 1.82) is 0 Å². The molecule has 2 N–H and O–H groups in total. The first-order valence-corrected chi connectivity index (χ1v) is 11.1. The number of anilines is 2. The Hall–Kier alpha value is -2.74. The zero-order valence-corrected chi connectivity index (χ0v) is 18.1. The van der Waals surface area contributed by atoms with E-state index in [9.17, 15) is 13.2 Å². The van der Waals surface area contributed by atoms with Crippen molar-refractivity contribution in [3.8, 4) is 5.75 Å². The number of benzene rings is 3. The third-order valence-electron chi connectivity index (χ3n) is 4.00. The first-order valence-electron chi connectivity index (χ1n) is 8.84. The number of nitrogens with one attached hydrogen (secondary N) is 2. The summed E-state index contributed by atoms with van der Waals surface area (Å²) in [6.07, 6.45) is -0.765. The molecule has 0 saturated carbocycles. The molecule has 0 spiro atoms. The van der Waals surface area contributed by atoms with Gasteiger partial charge in [-0.25, -0.2) is 8.42 Å². The molecular weight excluding hydrogens is 447 g/mol. The van der Waals surface area contributed by atoms with E-state index < -0.39 is 16.1 Å². The van der Waals surface area contributed by atoms with Crippen LogP contribution in [-0.4, -0.2) is 20.4 Å². The monoisotopic (exact) mass is 464 g/mol. The minimum atomic E-state index is -3.79. The highest BCUT2D eigenvalue weighted by atomic mass is 35.5. The summed E-state index contributed by atoms with van der Waals surface area (Å²) in [6.45, 7) is 1.61. The van der Waals surface area contributed by atoms with E-state index in [1.807, 2.05) is 0 Å². The number of carbonyl (C=O) groups is 1. The Morgan fingerprint density at radius 1 is 0.900 bits per heavy atom. The van der Waals surface area contributed by atoms with E-state index in [2.05, 4.69) is 10.0 Å². The summed E-state index contributed by atoms with van der Waals surface area (Å²) in [4.78, 5) is 12.4. The fourth-order valence-corrected chi connectivity index (χ4v) is 3.86. The van der Waals surface area contributed by atoms with Gasteiger partial charge in [0.05, 0.1) is 10.6 Å². The summed E-state index contributed by atoms with van der Waals surface area (Å²) >= 11 is 11.7. The number of sulfonamides is 1. The van der Waals surface area contributed by atoms with Crippen LogP contribution >= 0.6 is 23.2 Å². The van der Waals surface area contributed by atoms with Crippen molar-refractivity contribution in [1.82, 2.24) is 0 Å². The van der Waals surface area contributed by atoms with Crippen molar-refractivity contribution < 1.29 is 17.9 Å². The molecule has 1 amide bonds. The standard InChI is InChI=1S/C21H18Cl2N2O4S/c1-14(29-19-9-5-15(22)6-10-19)21(26)24-17-7-11-20(12-8-17)30(27,28)25-18-4-2-3-16(23)13-18/h2-14,25H,1H3,(H,24,26)/t14-/m0/s1. The normalized spacial score (nSPS) is 12.1. The average Bonchev–Trinajstić information content (AvgIpc) is 2.70. The molecule has 0 radical (unpaired) electrons. The topological polar surface area (TPSA) is 84.5 Å². The molecule has 0 heterocycles. The highest BCUT2D eigenvalue weighted by Crippen LogP contribution is 2.21. The summed E-state index contributed by atoms with van der Waals surface area (Å²) in [6, 6.07) is 18.9. The second kappa shape index (κ2) is 9.38. The molecule has 0 saturated heterocycles. The summed E-state index contributed by atoms with van der Waals surface area (Å²) in [5.41, 5.74) is 0.793. The quantitative estimate of drug-likeness (QED) is 0.503. The van der Waals surface area contributed by atoms with Crippen molar-refractivity contribution >= 4 is 50.5 Å². The van der Waals surface area contributed by atoms with E-state index in [4.69, 9.17) is 27.9 Å². The molecule has 0 aliphatic rings. The Labute approximate surface area is 184 Å². The molecule has 1 atom stereocenters. The Morgan fingerprint density at radius 2 is 1.57 bits per heavy atom. The largest absolute Gasteiger partial charge is 0.481 e. The zero-order chi connectivity index (χ0) is 21.7. The predicted molar refractivity (Wildman–Crippen MR) is 119 cm³/mol. The van der Waals surface area contributed by atoms with Crippen molar-refractivity contribution in [2.75, 3.05) is 10.0 Å². The van der Waals surface area contributed by atoms with Gasteiger partial charge in [-0.15, -0.1) is 0 Å². The van der Waals surface area contributed by atoms with Gasteiger partial charge >= 0.3 is 0 Å². The van der Waals surface area contributed by atoms with Crippen LogP contribution in [0, 0.1) is 0 Å². The maximum Gasteiger partial charge on any atom is 0.265 e. The lowest BCUT2D eigenvalue weighted by molar-refractivity contribution is -0.122. The molecule has 3 aromatic carbocycles. The van der Waals surface area contributed by atoms with Crippen LogP contribution in [0.2, 0.25) is 10.0 Å². The van der Waals surface area contributed by atoms with Crippen molar-refractivity contribution in [3.05, 3.63) is 82.8 Å². The van der Waals surface area contributed by atoms with Gasteiger partial charge in [0.1, 0.15) is 5.75 Å². The number of hydrogen-bond acceptors (Lipinski definition) is 4. The molecule has 0 aliphatic carbocycles. The SMILES string of the molecule is C[C@H](Oc1ccc(Cl)cc1)C(=O)Nc1ccc(S(=O)(=O)Nc2cccc(Cl)c2)cc1. The Balaban J connectivity index is 1.63. The molecule has 9 heteroatoms. The van der Waals surface area contributed by atoms with Gasteiger partial charge in [0.2, 0.25) is 0 Å². The molecule has 156 valence electrons. The Bertz CT molecular complexity index is 1130. The van der Waals surface area contributed by atoms with Gasteiger partial charge in [-0.2, -0.15) is 0 Å². The summed E-state index contributed by atoms with van der Waals surface area (Å²) < 4.78 is 33.0. The third-order valence-corrected chi connectivity index (χ3v) is 5.89. The smallest absolute Gasteiger partial charge is 0.265 e. The van der Waals surface area contributed by atoms with Gasteiger partial charge in [-0.1, -0.05) is 29.3 Å². The molecule has 0 aliphatic heterocycles. The summed E-state index contributed by atoms with van der Waals surface area (Å²) in [7, 11) is -3.79. The van der Waals surface area contributed by atoms with E-state index in [-0.39, 0.29) is 10.8 Å². The van der Waals surface area contributed by atoms with Crippen LogP contribution in [-0.2, 0) is 14.8 Å². The molecule has 30 heavy (non-hydrogen) atoms. The molecule has 3 aromatic rings. The van der Waals surface area contributed by atoms with Gasteiger partial charge in [-0.05, 0) is 73.7 Å². The molecule has 0 aromatic heterocycles. The van der Waals surface area contributed by atoms with E-state index in [0.29, 0.717) is 27.2 Å². The van der Waals surface area contributed by atoms with E-state index >= 15 is 0 Å². The molecule has 6 nitrogen and oxygen atoms in total. The lowest BCUT2D eigenvalue weighted by Gasteiger charge is -2.15. The van der Waals surface area contributed by atoms with Crippen LogP contribution in [0.5, 0.6) is 5.75 Å². The minimum absolute atomic E-state index is 0.0472. The fraction of sp³-hybridized carbons (Fsp3) is 0.0952. The van der Waals surface area contributed by atoms with Crippen molar-refractivity contribution in [2.24, 2.45) is 0 Å². The van der Waals surface area contributed by atoms with Crippen LogP contribution in [0.4, 0.5) is 11.4 Å². The number of hydrogen-bond donors (Lipinski definition) is 2. The van der Waals surface area contributed by atoms with Gasteiger partial charge in [-0.3, -0.25) is 9.52 Å². The number of carbonyl (C=O) groups excluding carboxylic acids is 1. The zero-order valence-electron chi connectivity index (χ0n) is 15.8. The second-order valence-electron chi connectivity index (χ2n) is 6.34. The first kappa shape index (κ1) is 22.0. The van der Waals surface area contributed by atoms with Crippen LogP contribution in [0.15, 0.2) is 77.7 Å². The van der Waals surface area contributed by atoms with Gasteiger partial charge in [0.25, 0.3) is 15.9 Å². The lowest BCUT2D eigenvalue weighted by Crippen LogP contribution is -2.30. The molecule has 3 rings (SSSR count). The van der Waals surface area contributed by atoms with E-state index in [1.54, 1.807) is 49.4 Å². The third kappa shape index (κ3) is 5.89. The average molecular weight is 465 g/mol. The van der Waals surface area contributed by atoms with E-state index in [1.165, 1.54) is 30.3 Å². The van der Waals surface area contributed by atoms with Gasteiger partial charge in [0.15, 0.2) is 6.10 Å². The maximum atomic E-state index is 12.5. The fourth-order valence-electron chi connectivity index (χ4n) is 2.50. The van der Waals surface area contributed by atoms with Crippen molar-refractivity contribution in [3.63, 3.8) is 0 Å². The molecule has 0 unspecified atom stereocenters. The Morgan fingerprint density at radius 3 is 2.20 bits per heavy atom. The molecule has 0 bridgehead atoms. The number of halogens is 2. The first-order chi connectivity index (χ1) is 14.2. The van der Waals surface area contributed by atoms with Crippen LogP contribution in [0.25, 0.3) is 0 Å². The second-order valence-corrected chi connectivity index (χ2v) is 8.90. The van der Waals surface area contributed by atoms with E-state index in [0.717, 1.165) is 0 Å². The Kier molecular flexibility index (Phi) is 6.87. The van der Waals surface area contributed by atoms with Crippen LogP contribution in [0.1, 0.15) is 6.92 Å². The number of rotatable bonds is 7. The van der Waals surface area contributed by atoms with Gasteiger partial charge in [0, 0.05) is 15.7 Å². The molecule has 0 fully saturated rings. The lowest BCUT2D eigenvalue weighted by atomic mass is 10.3. The maximum absolute atomic E-state index is 12.5. The number of ether oxygens (including phenoxy) is 1. The predicted octanol–water partition coefficient (Wildman–Crippen LogP) is 5.20. The van der Waals surface area contributed by atoms with Crippen LogP contribution in [0.3, 0.4) is 0 Å². The summed E-state index contributed by atoms with van der Waals surface area (Å²) in [5, 5.41) is 3.67. The molecular formula is C21H18Cl2N2O4S. The summed E-state index contributed by atoms with van der Waals surface area (Å²) in [5.74, 6) is 0.133. The van der Waals surface area contributed by atoms with Gasteiger partial charge < -0.3 is 10.1 Å². The van der Waals surface area contributed by atoms with Crippen LogP contribution < -0.4 is 14.8 Å². The van der Waals surface area contributed by atoms with Crippen molar-refractivity contribution in [2.45, 2.75) is 17.9 Å². The number of amides is 1. The highest BCUT2D eigenvalue weighted by Gasteiger charge is 2.17. The minimum Gasteiger partial charge on any atom is -0.481 e. The highest BCUT2D eigenvalue weighted by molar-refractivity contribution is 7.92.